The summed E-state index contributed by atoms with van der Waals surface area (Å²) in [7, 11) is 0. The van der Waals surface area contributed by atoms with Gasteiger partial charge in [-0.15, -0.1) is 0 Å². The Labute approximate surface area is 153 Å². The van der Waals surface area contributed by atoms with Gasteiger partial charge in [0.25, 0.3) is 0 Å². The van der Waals surface area contributed by atoms with Crippen LogP contribution in [0.2, 0.25) is 0 Å². The van der Waals surface area contributed by atoms with Crippen LogP contribution in [-0.2, 0) is 4.79 Å². The van der Waals surface area contributed by atoms with Crippen LogP contribution in [0.4, 0.5) is 0 Å². The predicted octanol–water partition coefficient (Wildman–Crippen LogP) is 5.64. The van der Waals surface area contributed by atoms with E-state index in [1.165, 1.54) is 38.5 Å². The second kappa shape index (κ2) is 13.6. The third-order valence-electron chi connectivity index (χ3n) is 4.58. The van der Waals surface area contributed by atoms with Crippen LogP contribution in [0.25, 0.3) is 0 Å². The summed E-state index contributed by atoms with van der Waals surface area (Å²) in [6, 6.07) is 9.27. The first-order chi connectivity index (χ1) is 12.2. The maximum Gasteiger partial charge on any atom is 0.223 e. The number of nitrogens with zero attached hydrogens (tertiary/aromatic N) is 1. The predicted molar refractivity (Wildman–Crippen MR) is 105 cm³/mol. The monoisotopic (exact) mass is 345 g/mol. The molecule has 0 saturated heterocycles. The molecule has 1 rings (SSSR count). The maximum atomic E-state index is 12.6. The Bertz CT molecular complexity index is 472. The average Bonchev–Trinajstić information content (AvgIpc) is 2.65. The lowest BCUT2D eigenvalue weighted by Crippen LogP contribution is -2.33. The van der Waals surface area contributed by atoms with Gasteiger partial charge < -0.3 is 4.90 Å². The average molecular weight is 346 g/mol. The van der Waals surface area contributed by atoms with E-state index in [0.717, 1.165) is 25.9 Å². The molecule has 140 valence electrons. The minimum absolute atomic E-state index is 0.0610. The van der Waals surface area contributed by atoms with Gasteiger partial charge in [-0.25, -0.2) is 0 Å². The molecule has 0 radical (unpaired) electrons. The highest BCUT2D eigenvalue weighted by Gasteiger charge is 2.15. The second-order valence-electron chi connectivity index (χ2n) is 6.79. The number of ketones is 1. The number of benzene rings is 1. The lowest BCUT2D eigenvalue weighted by atomic mass is 10.1. The molecular weight excluding hydrogens is 310 g/mol. The fourth-order valence-corrected chi connectivity index (χ4v) is 2.97. The van der Waals surface area contributed by atoms with Crippen LogP contribution in [0.1, 0.15) is 88.4 Å². The minimum Gasteiger partial charge on any atom is -0.343 e. The summed E-state index contributed by atoms with van der Waals surface area (Å²) >= 11 is 0. The molecule has 0 aliphatic carbocycles. The third-order valence-corrected chi connectivity index (χ3v) is 4.58. The number of rotatable bonds is 14. The van der Waals surface area contributed by atoms with Crippen molar-refractivity contribution >= 4 is 11.7 Å². The number of unbranched alkanes of at least 4 members (excludes halogenated alkanes) is 6. The summed E-state index contributed by atoms with van der Waals surface area (Å²) in [4.78, 5) is 26.8. The number of carbonyl (C=O) groups excluding carboxylic acids is 2. The van der Waals surface area contributed by atoms with Crippen molar-refractivity contribution in [2.45, 2.75) is 78.1 Å². The summed E-state index contributed by atoms with van der Waals surface area (Å²) in [6.07, 6.45) is 10.00. The van der Waals surface area contributed by atoms with E-state index >= 15 is 0 Å². The van der Waals surface area contributed by atoms with Gasteiger partial charge in [0, 0.05) is 31.5 Å². The van der Waals surface area contributed by atoms with Crippen molar-refractivity contribution in [2.24, 2.45) is 0 Å². The maximum absolute atomic E-state index is 12.6. The molecule has 3 nitrogen and oxygen atoms in total. The lowest BCUT2D eigenvalue weighted by molar-refractivity contribution is -0.131. The van der Waals surface area contributed by atoms with Gasteiger partial charge >= 0.3 is 0 Å². The van der Waals surface area contributed by atoms with Gasteiger partial charge in [0.15, 0.2) is 5.78 Å². The number of amides is 1. The summed E-state index contributed by atoms with van der Waals surface area (Å²) in [6.45, 7) is 6.07. The summed E-state index contributed by atoms with van der Waals surface area (Å²) < 4.78 is 0. The molecule has 0 N–H and O–H groups in total. The van der Waals surface area contributed by atoms with E-state index in [-0.39, 0.29) is 11.7 Å². The zero-order chi connectivity index (χ0) is 18.3. The Hall–Kier alpha value is -1.64. The number of carbonyl (C=O) groups is 2. The topological polar surface area (TPSA) is 37.4 Å². The smallest absolute Gasteiger partial charge is 0.223 e. The molecule has 0 aromatic heterocycles. The Morgan fingerprint density at radius 2 is 1.32 bits per heavy atom. The molecule has 0 unspecified atom stereocenters. The highest BCUT2D eigenvalue weighted by atomic mass is 16.2. The largest absolute Gasteiger partial charge is 0.343 e. The van der Waals surface area contributed by atoms with Gasteiger partial charge in [-0.1, -0.05) is 82.7 Å². The lowest BCUT2D eigenvalue weighted by Gasteiger charge is -2.23. The van der Waals surface area contributed by atoms with Crippen molar-refractivity contribution in [2.75, 3.05) is 13.1 Å². The van der Waals surface area contributed by atoms with Crippen LogP contribution < -0.4 is 0 Å². The fourth-order valence-electron chi connectivity index (χ4n) is 2.97. The molecule has 0 heterocycles. The molecule has 1 amide bonds. The van der Waals surface area contributed by atoms with E-state index in [1.807, 2.05) is 35.2 Å². The summed E-state index contributed by atoms with van der Waals surface area (Å²) in [5, 5.41) is 0. The summed E-state index contributed by atoms with van der Waals surface area (Å²) in [5.41, 5.74) is 0.702. The van der Waals surface area contributed by atoms with Crippen molar-refractivity contribution in [1.29, 1.82) is 0 Å². The van der Waals surface area contributed by atoms with Gasteiger partial charge in [0.05, 0.1) is 0 Å². The van der Waals surface area contributed by atoms with Crippen molar-refractivity contribution < 1.29 is 9.59 Å². The first-order valence-electron chi connectivity index (χ1n) is 10.0. The Morgan fingerprint density at radius 3 is 1.84 bits per heavy atom. The Morgan fingerprint density at radius 1 is 0.760 bits per heavy atom. The first-order valence-corrected chi connectivity index (χ1v) is 10.0. The van der Waals surface area contributed by atoms with Crippen LogP contribution in [0.5, 0.6) is 0 Å². The van der Waals surface area contributed by atoms with Gasteiger partial charge in [0.2, 0.25) is 5.91 Å². The van der Waals surface area contributed by atoms with Crippen molar-refractivity contribution in [3.8, 4) is 0 Å². The van der Waals surface area contributed by atoms with Crippen molar-refractivity contribution in [1.82, 2.24) is 4.90 Å². The molecule has 3 heteroatoms. The van der Waals surface area contributed by atoms with E-state index in [4.69, 9.17) is 0 Å². The van der Waals surface area contributed by atoms with Crippen molar-refractivity contribution in [3.05, 3.63) is 35.9 Å². The molecule has 0 atom stereocenters. The SMILES string of the molecule is CCCCCCN(CCCCCC)C(=O)CCC(=O)c1ccccc1. The number of Topliss-reactive ketones (excluding diaryl/α,β-unsaturated/α-hetero) is 1. The minimum atomic E-state index is 0.0610. The molecule has 0 fully saturated rings. The zero-order valence-corrected chi connectivity index (χ0v) is 16.1. The molecule has 0 aliphatic heterocycles. The van der Waals surface area contributed by atoms with Crippen LogP contribution in [0.15, 0.2) is 30.3 Å². The highest BCUT2D eigenvalue weighted by Crippen LogP contribution is 2.10. The molecule has 1 aromatic rings. The number of hydrogen-bond donors (Lipinski definition) is 0. The van der Waals surface area contributed by atoms with Gasteiger partial charge in [-0.3, -0.25) is 9.59 Å². The quantitative estimate of drug-likeness (QED) is 0.323. The third kappa shape index (κ3) is 9.42. The molecular formula is C22H35NO2. The first kappa shape index (κ1) is 21.4. The molecule has 1 aromatic carbocycles. The molecule has 0 aliphatic rings. The standard InChI is InChI=1S/C22H35NO2/c1-3-5-7-12-18-23(19-13-8-6-4-2)22(25)17-16-21(24)20-14-10-9-11-15-20/h9-11,14-15H,3-8,12-13,16-19H2,1-2H3. The normalized spacial score (nSPS) is 10.6. The van der Waals surface area contributed by atoms with E-state index in [0.29, 0.717) is 18.4 Å². The van der Waals surface area contributed by atoms with Gasteiger partial charge in [-0.05, 0) is 12.8 Å². The Balaban J connectivity index is 2.44. The van der Waals surface area contributed by atoms with E-state index in [2.05, 4.69) is 13.8 Å². The van der Waals surface area contributed by atoms with Gasteiger partial charge in [-0.2, -0.15) is 0 Å². The molecule has 0 bridgehead atoms. The van der Waals surface area contributed by atoms with Gasteiger partial charge in [0.1, 0.15) is 0 Å². The number of hydrogen-bond acceptors (Lipinski definition) is 2. The van der Waals surface area contributed by atoms with E-state index < -0.39 is 0 Å². The van der Waals surface area contributed by atoms with E-state index in [1.54, 1.807) is 0 Å². The van der Waals surface area contributed by atoms with Crippen LogP contribution in [0, 0.1) is 0 Å². The zero-order valence-electron chi connectivity index (χ0n) is 16.1. The van der Waals surface area contributed by atoms with E-state index in [9.17, 15) is 9.59 Å². The summed E-state index contributed by atoms with van der Waals surface area (Å²) in [5.74, 6) is 0.197. The highest BCUT2D eigenvalue weighted by molar-refractivity contribution is 5.97. The van der Waals surface area contributed by atoms with Crippen LogP contribution in [-0.4, -0.2) is 29.7 Å². The molecule has 0 saturated carbocycles. The van der Waals surface area contributed by atoms with Crippen LogP contribution in [0.3, 0.4) is 0 Å². The van der Waals surface area contributed by atoms with Crippen molar-refractivity contribution in [3.63, 3.8) is 0 Å². The van der Waals surface area contributed by atoms with Crippen LogP contribution >= 0.6 is 0 Å². The Kier molecular flexibility index (Phi) is 11.7. The molecule has 0 spiro atoms. The second-order valence-corrected chi connectivity index (χ2v) is 6.79. The molecule has 25 heavy (non-hydrogen) atoms. The fraction of sp³-hybridized carbons (Fsp3) is 0.636.